The van der Waals surface area contributed by atoms with E-state index in [1.807, 2.05) is 0 Å². The minimum absolute atomic E-state index is 0.0904. The fraction of sp³-hybridized carbons (Fsp3) is 0.118. The molecular formula is C17H15N3O4. The Bertz CT molecular complexity index is 967. The van der Waals surface area contributed by atoms with E-state index in [4.69, 9.17) is 5.11 Å². The van der Waals surface area contributed by atoms with Crippen LogP contribution in [0.2, 0.25) is 0 Å². The zero-order valence-corrected chi connectivity index (χ0v) is 12.8. The molecule has 3 N–H and O–H groups in total. The Hall–Kier alpha value is -3.35. The summed E-state index contributed by atoms with van der Waals surface area (Å²) in [5.41, 5.74) is 0.383. The van der Waals surface area contributed by atoms with Gasteiger partial charge in [-0.3, -0.25) is 9.36 Å². The first-order valence-corrected chi connectivity index (χ1v) is 7.28. The number of aromatic hydroxyl groups is 1. The molecule has 7 nitrogen and oxygen atoms in total. The van der Waals surface area contributed by atoms with Gasteiger partial charge in [0.1, 0.15) is 17.0 Å². The smallest absolute Gasteiger partial charge is 0.405 e. The first kappa shape index (κ1) is 15.5. The van der Waals surface area contributed by atoms with Crippen LogP contribution in [0.5, 0.6) is 5.75 Å². The lowest BCUT2D eigenvalue weighted by Gasteiger charge is -2.18. The van der Waals surface area contributed by atoms with Crippen LogP contribution < -0.4 is 10.9 Å². The molecule has 0 aliphatic rings. The second-order valence-electron chi connectivity index (χ2n) is 5.29. The second-order valence-corrected chi connectivity index (χ2v) is 5.29. The van der Waals surface area contributed by atoms with E-state index in [0.717, 1.165) is 0 Å². The molecular weight excluding hydrogens is 310 g/mol. The van der Waals surface area contributed by atoms with Crippen LogP contribution in [-0.4, -0.2) is 25.9 Å². The molecule has 0 bridgehead atoms. The quantitative estimate of drug-likeness (QED) is 0.686. The van der Waals surface area contributed by atoms with Crippen molar-refractivity contribution in [2.24, 2.45) is 0 Å². The van der Waals surface area contributed by atoms with Gasteiger partial charge in [0.15, 0.2) is 0 Å². The summed E-state index contributed by atoms with van der Waals surface area (Å²) in [6.45, 7) is 1.60. The number of amides is 1. The molecule has 0 fully saturated rings. The summed E-state index contributed by atoms with van der Waals surface area (Å²) in [4.78, 5) is 28.3. The van der Waals surface area contributed by atoms with E-state index in [-0.39, 0.29) is 17.0 Å². The Morgan fingerprint density at radius 1 is 1.17 bits per heavy atom. The number of benzene rings is 2. The molecule has 3 aromatic rings. The number of carboxylic acid groups (broad SMARTS) is 1. The van der Waals surface area contributed by atoms with E-state index < -0.39 is 17.7 Å². The largest absolute Gasteiger partial charge is 0.507 e. The number of para-hydroxylation sites is 1. The van der Waals surface area contributed by atoms with Crippen molar-refractivity contribution in [3.8, 4) is 11.4 Å². The lowest BCUT2D eigenvalue weighted by molar-refractivity contribution is 0.190. The highest BCUT2D eigenvalue weighted by Crippen LogP contribution is 2.23. The number of nitrogens with zero attached hydrogens (tertiary/aromatic N) is 2. The standard InChI is InChI=1S/C17H15N3O4/c1-10(18-17(23)24)15-19-12-8-5-9-13(21)14(12)16(22)20(15)11-6-3-2-4-7-11/h2-10,18,21H,1H3,(H,23,24). The minimum atomic E-state index is -1.22. The Morgan fingerprint density at radius 2 is 1.88 bits per heavy atom. The highest BCUT2D eigenvalue weighted by molar-refractivity contribution is 5.84. The minimum Gasteiger partial charge on any atom is -0.507 e. The summed E-state index contributed by atoms with van der Waals surface area (Å²) in [6, 6.07) is 12.6. The van der Waals surface area contributed by atoms with Crippen LogP contribution in [0.25, 0.3) is 16.6 Å². The van der Waals surface area contributed by atoms with Crippen molar-refractivity contribution in [1.82, 2.24) is 14.9 Å². The van der Waals surface area contributed by atoms with E-state index in [1.54, 1.807) is 49.4 Å². The van der Waals surface area contributed by atoms with Gasteiger partial charge in [-0.1, -0.05) is 24.3 Å². The molecule has 0 aliphatic heterocycles. The molecule has 0 radical (unpaired) electrons. The highest BCUT2D eigenvalue weighted by atomic mass is 16.4. The second kappa shape index (κ2) is 6.04. The summed E-state index contributed by atoms with van der Waals surface area (Å²) < 4.78 is 1.31. The lowest BCUT2D eigenvalue weighted by Crippen LogP contribution is -2.32. The van der Waals surface area contributed by atoms with Crippen LogP contribution in [-0.2, 0) is 0 Å². The zero-order valence-electron chi connectivity index (χ0n) is 12.8. The van der Waals surface area contributed by atoms with E-state index in [9.17, 15) is 14.7 Å². The third kappa shape index (κ3) is 2.67. The number of hydrogen-bond acceptors (Lipinski definition) is 4. The first-order valence-electron chi connectivity index (χ1n) is 7.28. The van der Waals surface area contributed by atoms with Crippen molar-refractivity contribution in [1.29, 1.82) is 0 Å². The first-order chi connectivity index (χ1) is 11.5. The molecule has 0 saturated carbocycles. The maximum absolute atomic E-state index is 12.9. The molecule has 1 amide bonds. The number of fused-ring (bicyclic) bond motifs is 1. The Balaban J connectivity index is 2.37. The van der Waals surface area contributed by atoms with Gasteiger partial charge in [-0.05, 0) is 31.2 Å². The van der Waals surface area contributed by atoms with Gasteiger partial charge in [0.2, 0.25) is 0 Å². The monoisotopic (exact) mass is 325 g/mol. The van der Waals surface area contributed by atoms with E-state index in [2.05, 4.69) is 10.3 Å². The normalized spacial score (nSPS) is 12.0. The predicted molar refractivity (Wildman–Crippen MR) is 88.6 cm³/mol. The SMILES string of the molecule is CC(NC(=O)O)c1nc2cccc(O)c2c(=O)n1-c1ccccc1. The fourth-order valence-electron chi connectivity index (χ4n) is 2.60. The third-order valence-electron chi connectivity index (χ3n) is 3.64. The van der Waals surface area contributed by atoms with Crippen molar-refractivity contribution in [2.45, 2.75) is 13.0 Å². The van der Waals surface area contributed by atoms with Gasteiger partial charge in [-0.2, -0.15) is 0 Å². The summed E-state index contributed by atoms with van der Waals surface area (Å²) >= 11 is 0. The highest BCUT2D eigenvalue weighted by Gasteiger charge is 2.20. The Labute approximate surface area is 136 Å². The molecule has 0 aliphatic carbocycles. The van der Waals surface area contributed by atoms with Crippen LogP contribution in [0.1, 0.15) is 18.8 Å². The van der Waals surface area contributed by atoms with E-state index in [0.29, 0.717) is 11.2 Å². The maximum atomic E-state index is 12.9. The van der Waals surface area contributed by atoms with Crippen LogP contribution >= 0.6 is 0 Å². The Morgan fingerprint density at radius 3 is 2.54 bits per heavy atom. The molecule has 122 valence electrons. The van der Waals surface area contributed by atoms with Crippen LogP contribution in [0.15, 0.2) is 53.3 Å². The van der Waals surface area contributed by atoms with Gasteiger partial charge in [-0.25, -0.2) is 9.78 Å². The molecule has 7 heteroatoms. The number of rotatable bonds is 3. The summed E-state index contributed by atoms with van der Waals surface area (Å²) in [5.74, 6) is 0.0757. The molecule has 0 saturated heterocycles. The van der Waals surface area contributed by atoms with Crippen molar-refractivity contribution < 1.29 is 15.0 Å². The van der Waals surface area contributed by atoms with Crippen molar-refractivity contribution >= 4 is 17.0 Å². The topological polar surface area (TPSA) is 104 Å². The maximum Gasteiger partial charge on any atom is 0.405 e. The van der Waals surface area contributed by atoms with Gasteiger partial charge in [0.05, 0.1) is 17.2 Å². The average Bonchev–Trinajstić information content (AvgIpc) is 2.54. The number of carbonyl (C=O) groups is 1. The number of aromatic nitrogens is 2. The third-order valence-corrected chi connectivity index (χ3v) is 3.64. The molecule has 3 rings (SSSR count). The molecule has 2 aromatic carbocycles. The van der Waals surface area contributed by atoms with Gasteiger partial charge in [0.25, 0.3) is 5.56 Å². The van der Waals surface area contributed by atoms with E-state index >= 15 is 0 Å². The summed E-state index contributed by atoms with van der Waals surface area (Å²) in [5, 5.41) is 21.4. The van der Waals surface area contributed by atoms with Crippen LogP contribution in [0.3, 0.4) is 0 Å². The predicted octanol–water partition coefficient (Wildman–Crippen LogP) is 2.42. The summed E-state index contributed by atoms with van der Waals surface area (Å²) in [7, 11) is 0. The summed E-state index contributed by atoms with van der Waals surface area (Å²) in [6.07, 6.45) is -1.22. The van der Waals surface area contributed by atoms with Gasteiger partial charge in [-0.15, -0.1) is 0 Å². The average molecular weight is 325 g/mol. The van der Waals surface area contributed by atoms with Crippen LogP contribution in [0.4, 0.5) is 4.79 Å². The molecule has 0 spiro atoms. The Kier molecular flexibility index (Phi) is 3.91. The lowest BCUT2D eigenvalue weighted by atomic mass is 10.2. The van der Waals surface area contributed by atoms with Crippen molar-refractivity contribution in [3.05, 3.63) is 64.7 Å². The molecule has 1 atom stereocenters. The van der Waals surface area contributed by atoms with E-state index in [1.165, 1.54) is 10.6 Å². The van der Waals surface area contributed by atoms with Gasteiger partial charge < -0.3 is 15.5 Å². The zero-order chi connectivity index (χ0) is 17.3. The number of nitrogens with one attached hydrogen (secondary N) is 1. The van der Waals surface area contributed by atoms with Gasteiger partial charge in [0, 0.05) is 0 Å². The molecule has 1 unspecified atom stereocenters. The number of phenolic OH excluding ortho intramolecular Hbond substituents is 1. The fourth-order valence-corrected chi connectivity index (χ4v) is 2.60. The van der Waals surface area contributed by atoms with Crippen molar-refractivity contribution in [2.75, 3.05) is 0 Å². The molecule has 1 heterocycles. The number of hydrogen-bond donors (Lipinski definition) is 3. The molecule has 1 aromatic heterocycles. The van der Waals surface area contributed by atoms with Crippen LogP contribution in [0, 0.1) is 0 Å². The van der Waals surface area contributed by atoms with Gasteiger partial charge >= 0.3 is 6.09 Å². The van der Waals surface area contributed by atoms with Crippen molar-refractivity contribution in [3.63, 3.8) is 0 Å². The number of phenols is 1. The molecule has 24 heavy (non-hydrogen) atoms.